The first kappa shape index (κ1) is 22.5. The van der Waals surface area contributed by atoms with E-state index in [0.717, 1.165) is 18.4 Å². The highest BCUT2D eigenvalue weighted by molar-refractivity contribution is 7.92. The van der Waals surface area contributed by atoms with Crippen LogP contribution in [-0.2, 0) is 21.2 Å². The molecule has 0 bridgehead atoms. The van der Waals surface area contributed by atoms with Crippen molar-refractivity contribution in [3.63, 3.8) is 0 Å². The molecular formula is C21H28N2O5S. The summed E-state index contributed by atoms with van der Waals surface area (Å²) in [5.74, 6) is 0.984. The first-order valence-electron chi connectivity index (χ1n) is 9.40. The third kappa shape index (κ3) is 6.98. The summed E-state index contributed by atoms with van der Waals surface area (Å²) in [5, 5.41) is 2.77. The lowest BCUT2D eigenvalue weighted by molar-refractivity contribution is -0.127. The van der Waals surface area contributed by atoms with Crippen molar-refractivity contribution in [3.05, 3.63) is 54.1 Å². The Morgan fingerprint density at radius 1 is 1.07 bits per heavy atom. The molecule has 0 spiro atoms. The van der Waals surface area contributed by atoms with Gasteiger partial charge in [-0.1, -0.05) is 19.1 Å². The number of hydrogen-bond acceptors (Lipinski definition) is 5. The van der Waals surface area contributed by atoms with Gasteiger partial charge >= 0.3 is 0 Å². The van der Waals surface area contributed by atoms with Crippen molar-refractivity contribution < 1.29 is 22.7 Å². The number of hydrogen-bond donors (Lipinski definition) is 1. The first-order chi connectivity index (χ1) is 13.7. The Balaban J connectivity index is 1.76. The largest absolute Gasteiger partial charge is 0.492 e. The third-order valence-electron chi connectivity index (χ3n) is 4.38. The molecule has 0 saturated carbocycles. The second-order valence-corrected chi connectivity index (χ2v) is 8.64. The molecule has 1 N–H and O–H groups in total. The fourth-order valence-electron chi connectivity index (χ4n) is 2.49. The van der Waals surface area contributed by atoms with Gasteiger partial charge in [-0.2, -0.15) is 0 Å². The van der Waals surface area contributed by atoms with Crippen LogP contribution in [0.25, 0.3) is 0 Å². The topological polar surface area (TPSA) is 84.9 Å². The number of carbonyl (C=O) groups excluding carboxylic acids is 1. The lowest BCUT2D eigenvalue weighted by Crippen LogP contribution is -2.38. The van der Waals surface area contributed by atoms with Crippen molar-refractivity contribution >= 4 is 21.6 Å². The minimum atomic E-state index is -3.33. The van der Waals surface area contributed by atoms with Crippen molar-refractivity contribution in [1.29, 1.82) is 0 Å². The SMILES string of the molecule is CCc1ccc(OCCNC(=O)[C@H](C)Oc2ccc(N(C)S(C)(=O)=O)cc2)cc1. The van der Waals surface area contributed by atoms with Crippen LogP contribution in [0.4, 0.5) is 5.69 Å². The molecular weight excluding hydrogens is 392 g/mol. The Morgan fingerprint density at radius 2 is 1.66 bits per heavy atom. The highest BCUT2D eigenvalue weighted by atomic mass is 32.2. The van der Waals surface area contributed by atoms with Gasteiger partial charge in [-0.15, -0.1) is 0 Å². The fourth-order valence-corrected chi connectivity index (χ4v) is 3.00. The lowest BCUT2D eigenvalue weighted by Gasteiger charge is -2.18. The highest BCUT2D eigenvalue weighted by Gasteiger charge is 2.15. The van der Waals surface area contributed by atoms with E-state index in [0.29, 0.717) is 24.6 Å². The summed E-state index contributed by atoms with van der Waals surface area (Å²) >= 11 is 0. The average molecular weight is 421 g/mol. The number of carbonyl (C=O) groups is 1. The number of ether oxygens (including phenoxy) is 2. The molecule has 2 aromatic rings. The van der Waals surface area contributed by atoms with Crippen LogP contribution in [0.1, 0.15) is 19.4 Å². The normalized spacial score (nSPS) is 12.1. The summed E-state index contributed by atoms with van der Waals surface area (Å²) in [6.07, 6.45) is 1.41. The fraction of sp³-hybridized carbons (Fsp3) is 0.381. The molecule has 0 aliphatic rings. The number of benzene rings is 2. The molecule has 0 aromatic heterocycles. The summed E-state index contributed by atoms with van der Waals surface area (Å²) in [6, 6.07) is 14.4. The summed E-state index contributed by atoms with van der Waals surface area (Å²) in [6.45, 7) is 4.46. The zero-order valence-electron chi connectivity index (χ0n) is 17.2. The number of anilines is 1. The molecule has 2 rings (SSSR count). The van der Waals surface area contributed by atoms with E-state index in [9.17, 15) is 13.2 Å². The second kappa shape index (κ2) is 10.2. The lowest BCUT2D eigenvalue weighted by atomic mass is 10.2. The van der Waals surface area contributed by atoms with Gasteiger partial charge in [-0.05, 0) is 55.3 Å². The van der Waals surface area contributed by atoms with Gasteiger partial charge in [0.1, 0.15) is 18.1 Å². The number of rotatable bonds is 10. The molecule has 0 aliphatic carbocycles. The minimum absolute atomic E-state index is 0.257. The molecule has 7 nitrogen and oxygen atoms in total. The smallest absolute Gasteiger partial charge is 0.260 e. The Labute approximate surface area is 172 Å². The van der Waals surface area contributed by atoms with E-state index in [-0.39, 0.29) is 5.91 Å². The first-order valence-corrected chi connectivity index (χ1v) is 11.3. The monoisotopic (exact) mass is 420 g/mol. The van der Waals surface area contributed by atoms with E-state index in [1.165, 1.54) is 16.9 Å². The molecule has 8 heteroatoms. The van der Waals surface area contributed by atoms with Crippen LogP contribution in [0.5, 0.6) is 11.5 Å². The number of aryl methyl sites for hydroxylation is 1. The van der Waals surface area contributed by atoms with Crippen LogP contribution < -0.4 is 19.1 Å². The van der Waals surface area contributed by atoms with Crippen LogP contribution in [0.2, 0.25) is 0 Å². The number of nitrogens with zero attached hydrogens (tertiary/aromatic N) is 1. The van der Waals surface area contributed by atoms with Crippen LogP contribution in [0.15, 0.2) is 48.5 Å². The molecule has 2 aromatic carbocycles. The number of sulfonamides is 1. The van der Waals surface area contributed by atoms with Gasteiger partial charge < -0.3 is 14.8 Å². The van der Waals surface area contributed by atoms with Gasteiger partial charge in [0.15, 0.2) is 6.10 Å². The predicted octanol–water partition coefficient (Wildman–Crippen LogP) is 2.61. The van der Waals surface area contributed by atoms with Crippen molar-refractivity contribution in [2.24, 2.45) is 0 Å². The standard InChI is InChI=1S/C21H28N2O5S/c1-5-17-6-10-19(11-7-17)27-15-14-22-21(24)16(2)28-20-12-8-18(9-13-20)23(3)29(4,25)26/h6-13,16H,5,14-15H2,1-4H3,(H,22,24)/t16-/m0/s1. The van der Waals surface area contributed by atoms with Gasteiger partial charge in [0, 0.05) is 7.05 Å². The quantitative estimate of drug-likeness (QED) is 0.597. The van der Waals surface area contributed by atoms with Gasteiger partial charge in [0.2, 0.25) is 10.0 Å². The highest BCUT2D eigenvalue weighted by Crippen LogP contribution is 2.21. The molecule has 0 aliphatic heterocycles. The summed E-state index contributed by atoms with van der Waals surface area (Å²) < 4.78 is 35.5. The molecule has 0 fully saturated rings. The van der Waals surface area contributed by atoms with Crippen molar-refractivity contribution in [1.82, 2.24) is 5.32 Å². The maximum Gasteiger partial charge on any atom is 0.260 e. The molecule has 0 saturated heterocycles. The molecule has 0 heterocycles. The van der Waals surface area contributed by atoms with Gasteiger partial charge in [-0.25, -0.2) is 8.42 Å². The van der Waals surface area contributed by atoms with Gasteiger partial charge in [0.25, 0.3) is 5.91 Å². The molecule has 1 atom stereocenters. The van der Waals surface area contributed by atoms with Gasteiger partial charge in [0.05, 0.1) is 18.5 Å². The molecule has 0 unspecified atom stereocenters. The van der Waals surface area contributed by atoms with Crippen molar-refractivity contribution in [2.45, 2.75) is 26.4 Å². The average Bonchev–Trinajstić information content (AvgIpc) is 2.70. The zero-order chi connectivity index (χ0) is 21.4. The summed E-state index contributed by atoms with van der Waals surface area (Å²) in [7, 11) is -1.85. The van der Waals surface area contributed by atoms with Crippen LogP contribution in [0.3, 0.4) is 0 Å². The van der Waals surface area contributed by atoms with E-state index >= 15 is 0 Å². The second-order valence-electron chi connectivity index (χ2n) is 6.62. The van der Waals surface area contributed by atoms with E-state index in [1.54, 1.807) is 31.2 Å². The Bertz CT molecular complexity index is 896. The summed E-state index contributed by atoms with van der Waals surface area (Å²) in [4.78, 5) is 12.2. The van der Waals surface area contributed by atoms with Crippen LogP contribution >= 0.6 is 0 Å². The Kier molecular flexibility index (Phi) is 7.90. The molecule has 158 valence electrons. The Hall–Kier alpha value is -2.74. The van der Waals surface area contributed by atoms with E-state index < -0.39 is 16.1 Å². The predicted molar refractivity (Wildman–Crippen MR) is 114 cm³/mol. The summed E-state index contributed by atoms with van der Waals surface area (Å²) in [5.41, 5.74) is 1.76. The maximum absolute atomic E-state index is 12.2. The molecule has 1 amide bonds. The van der Waals surface area contributed by atoms with Crippen molar-refractivity contribution in [3.8, 4) is 11.5 Å². The van der Waals surface area contributed by atoms with Crippen LogP contribution in [0, 0.1) is 0 Å². The van der Waals surface area contributed by atoms with Crippen molar-refractivity contribution in [2.75, 3.05) is 30.8 Å². The molecule has 0 radical (unpaired) electrons. The minimum Gasteiger partial charge on any atom is -0.492 e. The number of amides is 1. The Morgan fingerprint density at radius 3 is 2.21 bits per heavy atom. The van der Waals surface area contributed by atoms with E-state index in [4.69, 9.17) is 9.47 Å². The number of nitrogens with one attached hydrogen (secondary N) is 1. The van der Waals surface area contributed by atoms with Gasteiger partial charge in [-0.3, -0.25) is 9.10 Å². The zero-order valence-corrected chi connectivity index (χ0v) is 18.0. The van der Waals surface area contributed by atoms with E-state index in [1.807, 2.05) is 24.3 Å². The van der Waals surface area contributed by atoms with Crippen LogP contribution in [-0.4, -0.2) is 46.9 Å². The van der Waals surface area contributed by atoms with E-state index in [2.05, 4.69) is 12.2 Å². The maximum atomic E-state index is 12.2. The third-order valence-corrected chi connectivity index (χ3v) is 5.59. The molecule has 29 heavy (non-hydrogen) atoms.